The van der Waals surface area contributed by atoms with Crippen LogP contribution in [-0.4, -0.2) is 21.9 Å². The summed E-state index contributed by atoms with van der Waals surface area (Å²) in [5.41, 5.74) is 0.0444. The zero-order chi connectivity index (χ0) is 12.4. The Bertz CT molecular complexity index is 540. The third kappa shape index (κ3) is 2.31. The van der Waals surface area contributed by atoms with Crippen LogP contribution in [0.5, 0.6) is 0 Å². The fraction of sp³-hybridized carbons (Fsp3) is 0.273. The van der Waals surface area contributed by atoms with Crippen LogP contribution >= 0.6 is 0 Å². The molecule has 1 aromatic carbocycles. The van der Waals surface area contributed by atoms with Crippen molar-refractivity contribution in [1.82, 2.24) is 14.8 Å². The van der Waals surface area contributed by atoms with Crippen molar-refractivity contribution < 1.29 is 13.5 Å². The van der Waals surface area contributed by atoms with Gasteiger partial charge in [0.25, 0.3) is 0 Å². The number of halogens is 2. The van der Waals surface area contributed by atoms with E-state index in [4.69, 9.17) is 4.74 Å². The summed E-state index contributed by atoms with van der Waals surface area (Å²) in [5.74, 6) is -0.383. The smallest absolute Gasteiger partial charge is 0.184 e. The van der Waals surface area contributed by atoms with Gasteiger partial charge in [-0.1, -0.05) is 0 Å². The Morgan fingerprint density at radius 1 is 1.35 bits per heavy atom. The van der Waals surface area contributed by atoms with Crippen molar-refractivity contribution in [1.29, 1.82) is 0 Å². The van der Waals surface area contributed by atoms with Crippen molar-refractivity contribution in [2.24, 2.45) is 7.05 Å². The number of aryl methyl sites for hydroxylation is 1. The maximum absolute atomic E-state index is 13.5. The molecule has 0 aliphatic carbocycles. The van der Waals surface area contributed by atoms with E-state index in [0.717, 1.165) is 18.2 Å². The van der Waals surface area contributed by atoms with Gasteiger partial charge in [0.2, 0.25) is 0 Å². The predicted octanol–water partition coefficient (Wildman–Crippen LogP) is 1.91. The monoisotopic (exact) mass is 239 g/mol. The maximum atomic E-state index is 13.5. The molecule has 0 spiro atoms. The second-order valence-corrected chi connectivity index (χ2v) is 3.53. The lowest BCUT2D eigenvalue weighted by Gasteiger charge is -1.97. The topological polar surface area (TPSA) is 39.9 Å². The van der Waals surface area contributed by atoms with E-state index >= 15 is 0 Å². The van der Waals surface area contributed by atoms with Crippen molar-refractivity contribution in [3.05, 3.63) is 35.7 Å². The molecule has 1 aromatic heterocycles. The third-order valence-corrected chi connectivity index (χ3v) is 2.30. The van der Waals surface area contributed by atoms with Gasteiger partial charge in [-0.2, -0.15) is 5.10 Å². The van der Waals surface area contributed by atoms with Crippen LogP contribution in [0.15, 0.2) is 18.2 Å². The Kier molecular flexibility index (Phi) is 3.14. The molecule has 0 unspecified atom stereocenters. The molecule has 0 saturated heterocycles. The van der Waals surface area contributed by atoms with Crippen LogP contribution in [-0.2, 0) is 18.4 Å². The molecule has 0 amide bonds. The lowest BCUT2D eigenvalue weighted by Crippen LogP contribution is -2.00. The van der Waals surface area contributed by atoms with Crippen molar-refractivity contribution >= 4 is 0 Å². The van der Waals surface area contributed by atoms with Gasteiger partial charge in [-0.25, -0.2) is 13.8 Å². The lowest BCUT2D eigenvalue weighted by molar-refractivity contribution is 0.174. The van der Waals surface area contributed by atoms with Crippen molar-refractivity contribution in [3.8, 4) is 11.4 Å². The standard InChI is InChI=1S/C11H11F2N3O/c1-16-10(6-17-2)14-11(15-16)8-5-7(12)3-4-9(8)13/h3-5H,6H2,1-2H3. The van der Waals surface area contributed by atoms with E-state index in [9.17, 15) is 8.78 Å². The summed E-state index contributed by atoms with van der Waals surface area (Å²) in [4.78, 5) is 4.09. The molecule has 1 heterocycles. The van der Waals surface area contributed by atoms with E-state index in [1.807, 2.05) is 0 Å². The largest absolute Gasteiger partial charge is 0.377 e. The lowest BCUT2D eigenvalue weighted by atomic mass is 10.2. The normalized spacial score (nSPS) is 10.8. The van der Waals surface area contributed by atoms with Crippen LogP contribution in [0.2, 0.25) is 0 Å². The molecule has 0 fully saturated rings. The van der Waals surface area contributed by atoms with Gasteiger partial charge in [-0.15, -0.1) is 0 Å². The summed E-state index contributed by atoms with van der Waals surface area (Å²) < 4.78 is 32.9. The first-order valence-electron chi connectivity index (χ1n) is 4.96. The summed E-state index contributed by atoms with van der Waals surface area (Å²) in [6, 6.07) is 3.18. The Morgan fingerprint density at radius 2 is 2.12 bits per heavy atom. The van der Waals surface area contributed by atoms with E-state index in [-0.39, 0.29) is 18.0 Å². The van der Waals surface area contributed by atoms with Crippen LogP contribution in [0.1, 0.15) is 5.82 Å². The molecule has 2 aromatic rings. The van der Waals surface area contributed by atoms with Crippen molar-refractivity contribution in [3.63, 3.8) is 0 Å². The highest BCUT2D eigenvalue weighted by Gasteiger charge is 2.13. The molecule has 90 valence electrons. The highest BCUT2D eigenvalue weighted by molar-refractivity contribution is 5.55. The minimum atomic E-state index is -0.555. The molecule has 0 aliphatic heterocycles. The number of nitrogens with zero attached hydrogens (tertiary/aromatic N) is 3. The molecule has 2 rings (SSSR count). The SMILES string of the molecule is COCc1nc(-c2cc(F)ccc2F)nn1C. The quantitative estimate of drug-likeness (QED) is 0.821. The minimum Gasteiger partial charge on any atom is -0.377 e. The predicted molar refractivity (Wildman–Crippen MR) is 57.1 cm³/mol. The van der Waals surface area contributed by atoms with Gasteiger partial charge in [0, 0.05) is 14.2 Å². The van der Waals surface area contributed by atoms with Gasteiger partial charge in [0.15, 0.2) is 11.6 Å². The van der Waals surface area contributed by atoms with E-state index in [1.54, 1.807) is 7.05 Å². The second-order valence-electron chi connectivity index (χ2n) is 3.53. The molecule has 4 nitrogen and oxygen atoms in total. The highest BCUT2D eigenvalue weighted by Crippen LogP contribution is 2.20. The van der Waals surface area contributed by atoms with Crippen LogP contribution in [0.25, 0.3) is 11.4 Å². The zero-order valence-electron chi connectivity index (χ0n) is 9.44. The summed E-state index contributed by atoms with van der Waals surface area (Å²) in [6.45, 7) is 0.264. The molecule has 6 heteroatoms. The number of hydrogen-bond acceptors (Lipinski definition) is 3. The zero-order valence-corrected chi connectivity index (χ0v) is 9.44. The average molecular weight is 239 g/mol. The van der Waals surface area contributed by atoms with Gasteiger partial charge < -0.3 is 4.74 Å². The Hall–Kier alpha value is -1.82. The maximum Gasteiger partial charge on any atom is 0.184 e. The first-order valence-corrected chi connectivity index (χ1v) is 4.96. The van der Waals surface area contributed by atoms with Gasteiger partial charge in [-0.3, -0.25) is 4.68 Å². The summed E-state index contributed by atoms with van der Waals surface area (Å²) in [6.07, 6.45) is 0. The van der Waals surface area contributed by atoms with Gasteiger partial charge in [-0.05, 0) is 18.2 Å². The third-order valence-electron chi connectivity index (χ3n) is 2.30. The Labute approximate surface area is 96.9 Å². The first-order chi connectivity index (χ1) is 8.11. The number of ether oxygens (including phenoxy) is 1. The number of hydrogen-bond donors (Lipinski definition) is 0. The van der Waals surface area contributed by atoms with Crippen molar-refractivity contribution in [2.75, 3.05) is 7.11 Å². The van der Waals surface area contributed by atoms with E-state index in [0.29, 0.717) is 5.82 Å². The first kappa shape index (κ1) is 11.7. The van der Waals surface area contributed by atoms with Gasteiger partial charge >= 0.3 is 0 Å². The number of benzene rings is 1. The number of methoxy groups -OCH3 is 1. The summed E-state index contributed by atoms with van der Waals surface area (Å²) in [5, 5.41) is 4.02. The molecular weight excluding hydrogens is 228 g/mol. The minimum absolute atomic E-state index is 0.0444. The molecule has 0 radical (unpaired) electrons. The molecule has 17 heavy (non-hydrogen) atoms. The summed E-state index contributed by atoms with van der Waals surface area (Å²) >= 11 is 0. The Morgan fingerprint density at radius 3 is 2.82 bits per heavy atom. The molecule has 0 N–H and O–H groups in total. The van der Waals surface area contributed by atoms with Crippen LogP contribution in [0, 0.1) is 11.6 Å². The fourth-order valence-electron chi connectivity index (χ4n) is 1.45. The molecule has 0 atom stereocenters. The molecular formula is C11H11F2N3O. The van der Waals surface area contributed by atoms with Crippen LogP contribution in [0.4, 0.5) is 8.78 Å². The fourth-order valence-corrected chi connectivity index (χ4v) is 1.45. The highest BCUT2D eigenvalue weighted by atomic mass is 19.1. The van der Waals surface area contributed by atoms with Crippen LogP contribution in [0.3, 0.4) is 0 Å². The van der Waals surface area contributed by atoms with Gasteiger partial charge in [0.05, 0.1) is 5.56 Å². The molecule has 0 bridgehead atoms. The molecule has 0 aliphatic rings. The average Bonchev–Trinajstić information content (AvgIpc) is 2.64. The number of rotatable bonds is 3. The Balaban J connectivity index is 2.45. The second kappa shape index (κ2) is 4.58. The summed E-state index contributed by atoms with van der Waals surface area (Å²) in [7, 11) is 3.19. The van der Waals surface area contributed by atoms with Gasteiger partial charge in [0.1, 0.15) is 18.2 Å². The van der Waals surface area contributed by atoms with E-state index in [1.165, 1.54) is 11.8 Å². The van der Waals surface area contributed by atoms with Crippen molar-refractivity contribution in [2.45, 2.75) is 6.61 Å². The number of aromatic nitrogens is 3. The van der Waals surface area contributed by atoms with E-state index in [2.05, 4.69) is 10.1 Å². The molecule has 0 saturated carbocycles. The van der Waals surface area contributed by atoms with Crippen LogP contribution < -0.4 is 0 Å². The van der Waals surface area contributed by atoms with E-state index < -0.39 is 11.6 Å².